The summed E-state index contributed by atoms with van der Waals surface area (Å²) in [6.07, 6.45) is 1.76. The lowest BCUT2D eigenvalue weighted by Crippen LogP contribution is -2.21. The van der Waals surface area contributed by atoms with Gasteiger partial charge in [-0.15, -0.1) is 0 Å². The SMILES string of the molecule is COc1ccc(N)cc1Cn1cccc(C)c1=O. The van der Waals surface area contributed by atoms with Crippen LogP contribution in [0.5, 0.6) is 5.75 Å². The van der Waals surface area contributed by atoms with Crippen molar-refractivity contribution < 1.29 is 4.74 Å². The van der Waals surface area contributed by atoms with E-state index in [0.29, 0.717) is 12.2 Å². The smallest absolute Gasteiger partial charge is 0.253 e. The molecule has 4 heteroatoms. The lowest BCUT2D eigenvalue weighted by atomic mass is 10.1. The van der Waals surface area contributed by atoms with E-state index < -0.39 is 0 Å². The van der Waals surface area contributed by atoms with Gasteiger partial charge in [0.1, 0.15) is 5.75 Å². The molecular weight excluding hydrogens is 228 g/mol. The fourth-order valence-corrected chi connectivity index (χ4v) is 1.89. The summed E-state index contributed by atoms with van der Waals surface area (Å²) in [5.74, 6) is 0.734. The number of aromatic nitrogens is 1. The monoisotopic (exact) mass is 244 g/mol. The number of methoxy groups -OCH3 is 1. The predicted octanol–water partition coefficient (Wildman–Crippen LogP) is 1.80. The molecule has 1 heterocycles. The van der Waals surface area contributed by atoms with E-state index in [0.717, 1.165) is 16.9 Å². The molecule has 0 spiro atoms. The number of benzene rings is 1. The zero-order valence-electron chi connectivity index (χ0n) is 10.5. The van der Waals surface area contributed by atoms with Crippen LogP contribution in [0.2, 0.25) is 0 Å². The van der Waals surface area contributed by atoms with Crippen LogP contribution in [0.1, 0.15) is 11.1 Å². The maximum Gasteiger partial charge on any atom is 0.253 e. The van der Waals surface area contributed by atoms with E-state index in [1.54, 1.807) is 36.9 Å². The molecule has 0 radical (unpaired) electrons. The summed E-state index contributed by atoms with van der Waals surface area (Å²) in [5, 5.41) is 0. The molecule has 0 aliphatic rings. The van der Waals surface area contributed by atoms with Crippen LogP contribution >= 0.6 is 0 Å². The largest absolute Gasteiger partial charge is 0.496 e. The first-order chi connectivity index (χ1) is 8.61. The van der Waals surface area contributed by atoms with E-state index in [4.69, 9.17) is 10.5 Å². The summed E-state index contributed by atoms with van der Waals surface area (Å²) in [7, 11) is 1.61. The molecule has 0 saturated heterocycles. The lowest BCUT2D eigenvalue weighted by molar-refractivity contribution is 0.408. The highest BCUT2D eigenvalue weighted by molar-refractivity contribution is 5.48. The number of hydrogen-bond donors (Lipinski definition) is 1. The Labute approximate surface area is 106 Å². The number of nitrogens with zero attached hydrogens (tertiary/aromatic N) is 1. The Morgan fingerprint density at radius 2 is 2.11 bits per heavy atom. The van der Waals surface area contributed by atoms with Crippen molar-refractivity contribution in [3.8, 4) is 5.75 Å². The summed E-state index contributed by atoms with van der Waals surface area (Å²) < 4.78 is 6.92. The van der Waals surface area contributed by atoms with Crippen molar-refractivity contribution >= 4 is 5.69 Å². The standard InChI is InChI=1S/C14H16N2O2/c1-10-4-3-7-16(14(10)17)9-11-8-12(15)5-6-13(11)18-2/h3-8H,9,15H2,1-2H3. The van der Waals surface area contributed by atoms with Crippen LogP contribution in [-0.4, -0.2) is 11.7 Å². The summed E-state index contributed by atoms with van der Waals surface area (Å²) in [5.41, 5.74) is 8.04. The summed E-state index contributed by atoms with van der Waals surface area (Å²) in [6, 6.07) is 9.07. The molecule has 0 fully saturated rings. The van der Waals surface area contributed by atoms with E-state index in [-0.39, 0.29) is 5.56 Å². The zero-order chi connectivity index (χ0) is 13.1. The van der Waals surface area contributed by atoms with Crippen molar-refractivity contribution in [2.75, 3.05) is 12.8 Å². The van der Waals surface area contributed by atoms with Gasteiger partial charge in [-0.2, -0.15) is 0 Å². The average molecular weight is 244 g/mol. The van der Waals surface area contributed by atoms with Crippen molar-refractivity contribution in [2.24, 2.45) is 0 Å². The second kappa shape index (κ2) is 4.96. The number of pyridine rings is 1. The Morgan fingerprint density at radius 1 is 1.33 bits per heavy atom. The van der Waals surface area contributed by atoms with Crippen molar-refractivity contribution in [3.63, 3.8) is 0 Å². The van der Waals surface area contributed by atoms with Crippen LogP contribution in [0.25, 0.3) is 0 Å². The fourth-order valence-electron chi connectivity index (χ4n) is 1.89. The minimum atomic E-state index is 0.00183. The van der Waals surface area contributed by atoms with Crippen LogP contribution < -0.4 is 16.0 Å². The minimum absolute atomic E-state index is 0.00183. The van der Waals surface area contributed by atoms with Crippen LogP contribution in [0, 0.1) is 6.92 Å². The molecule has 0 saturated carbocycles. The van der Waals surface area contributed by atoms with Crippen LogP contribution in [0.3, 0.4) is 0 Å². The van der Waals surface area contributed by atoms with Gasteiger partial charge < -0.3 is 15.0 Å². The minimum Gasteiger partial charge on any atom is -0.496 e. The van der Waals surface area contributed by atoms with E-state index in [1.165, 1.54) is 0 Å². The Morgan fingerprint density at radius 3 is 2.83 bits per heavy atom. The first kappa shape index (κ1) is 12.2. The van der Waals surface area contributed by atoms with Crippen LogP contribution in [-0.2, 0) is 6.54 Å². The lowest BCUT2D eigenvalue weighted by Gasteiger charge is -2.11. The summed E-state index contributed by atoms with van der Waals surface area (Å²) in [4.78, 5) is 11.9. The Kier molecular flexibility index (Phi) is 3.37. The van der Waals surface area contributed by atoms with Gasteiger partial charge >= 0.3 is 0 Å². The molecule has 2 aromatic rings. The molecule has 0 amide bonds. The average Bonchev–Trinajstić information content (AvgIpc) is 2.35. The Balaban J connectivity index is 2.42. The highest BCUT2D eigenvalue weighted by Gasteiger charge is 2.06. The number of rotatable bonds is 3. The highest BCUT2D eigenvalue weighted by atomic mass is 16.5. The topological polar surface area (TPSA) is 57.2 Å². The van der Waals surface area contributed by atoms with Gasteiger partial charge in [-0.25, -0.2) is 0 Å². The van der Waals surface area contributed by atoms with E-state index in [2.05, 4.69) is 0 Å². The van der Waals surface area contributed by atoms with Crippen molar-refractivity contribution in [1.29, 1.82) is 0 Å². The predicted molar refractivity (Wildman–Crippen MR) is 71.9 cm³/mol. The van der Waals surface area contributed by atoms with Crippen LogP contribution in [0.4, 0.5) is 5.69 Å². The van der Waals surface area contributed by atoms with Gasteiger partial charge in [-0.3, -0.25) is 4.79 Å². The molecule has 2 rings (SSSR count). The third-order valence-electron chi connectivity index (χ3n) is 2.86. The highest BCUT2D eigenvalue weighted by Crippen LogP contribution is 2.21. The van der Waals surface area contributed by atoms with Gasteiger partial charge in [-0.05, 0) is 31.2 Å². The first-order valence-electron chi connectivity index (χ1n) is 5.70. The fraction of sp³-hybridized carbons (Fsp3) is 0.214. The normalized spacial score (nSPS) is 10.3. The van der Waals surface area contributed by atoms with Crippen molar-refractivity contribution in [3.05, 3.63) is 58.0 Å². The number of nitrogens with two attached hydrogens (primary N) is 1. The third-order valence-corrected chi connectivity index (χ3v) is 2.86. The molecule has 2 N–H and O–H groups in total. The van der Waals surface area contributed by atoms with Crippen molar-refractivity contribution in [2.45, 2.75) is 13.5 Å². The second-order valence-electron chi connectivity index (χ2n) is 4.20. The maximum atomic E-state index is 11.9. The molecule has 0 aliphatic heterocycles. The van der Waals surface area contributed by atoms with Crippen molar-refractivity contribution in [1.82, 2.24) is 4.57 Å². The Hall–Kier alpha value is -2.23. The molecule has 0 aliphatic carbocycles. The van der Waals surface area contributed by atoms with Gasteiger partial charge in [0.2, 0.25) is 0 Å². The summed E-state index contributed by atoms with van der Waals surface area (Å²) >= 11 is 0. The van der Waals surface area contributed by atoms with Gasteiger partial charge in [0.25, 0.3) is 5.56 Å². The number of anilines is 1. The van der Waals surface area contributed by atoms with Gasteiger partial charge in [0.15, 0.2) is 0 Å². The number of hydrogen-bond acceptors (Lipinski definition) is 3. The quantitative estimate of drug-likeness (QED) is 0.837. The molecule has 0 unspecified atom stereocenters. The molecule has 1 aromatic carbocycles. The molecule has 4 nitrogen and oxygen atoms in total. The van der Waals surface area contributed by atoms with E-state index in [9.17, 15) is 4.79 Å². The van der Waals surface area contributed by atoms with Gasteiger partial charge in [0.05, 0.1) is 13.7 Å². The van der Waals surface area contributed by atoms with Crippen LogP contribution in [0.15, 0.2) is 41.3 Å². The Bertz CT molecular complexity index is 617. The van der Waals surface area contributed by atoms with Gasteiger partial charge in [-0.1, -0.05) is 6.07 Å². The molecule has 0 bridgehead atoms. The maximum absolute atomic E-state index is 11.9. The number of ether oxygens (including phenoxy) is 1. The summed E-state index contributed by atoms with van der Waals surface area (Å²) in [6.45, 7) is 2.25. The molecule has 18 heavy (non-hydrogen) atoms. The number of aryl methyl sites for hydroxylation is 1. The number of nitrogen functional groups attached to an aromatic ring is 1. The molecule has 0 atom stereocenters. The third kappa shape index (κ3) is 2.37. The molecule has 94 valence electrons. The molecule has 1 aromatic heterocycles. The zero-order valence-corrected chi connectivity index (χ0v) is 10.5. The molecular formula is C14H16N2O2. The van der Waals surface area contributed by atoms with Gasteiger partial charge in [0, 0.05) is 23.0 Å². The van der Waals surface area contributed by atoms with E-state index in [1.807, 2.05) is 18.2 Å². The second-order valence-corrected chi connectivity index (χ2v) is 4.20. The van der Waals surface area contributed by atoms with E-state index >= 15 is 0 Å². The first-order valence-corrected chi connectivity index (χ1v) is 5.70.